The third-order valence-corrected chi connectivity index (χ3v) is 10.3. The van der Waals surface area contributed by atoms with Crippen LogP contribution in [0.2, 0.25) is 0 Å². The molecule has 58 heavy (non-hydrogen) atoms. The van der Waals surface area contributed by atoms with E-state index in [0.29, 0.717) is 12.8 Å². The summed E-state index contributed by atoms with van der Waals surface area (Å²) in [5.41, 5.74) is 0. The molecule has 0 saturated heterocycles. The molecule has 334 valence electrons. The van der Waals surface area contributed by atoms with Crippen molar-refractivity contribution in [2.45, 2.75) is 225 Å². The van der Waals surface area contributed by atoms with Crippen LogP contribution in [-0.4, -0.2) is 59.3 Å². The van der Waals surface area contributed by atoms with Crippen LogP contribution in [0.1, 0.15) is 213 Å². The van der Waals surface area contributed by atoms with E-state index in [-0.39, 0.29) is 30.9 Å². The van der Waals surface area contributed by atoms with Gasteiger partial charge >= 0.3 is 11.9 Å². The van der Waals surface area contributed by atoms with Crippen molar-refractivity contribution in [3.63, 3.8) is 0 Å². The van der Waals surface area contributed by atoms with E-state index in [1.54, 1.807) is 0 Å². The fraction of sp³-hybridized carbons (Fsp3) is 0.755. The van der Waals surface area contributed by atoms with Gasteiger partial charge in [-0.05, 0) is 83.1 Å². The van der Waals surface area contributed by atoms with E-state index in [4.69, 9.17) is 14.9 Å². The predicted molar refractivity (Wildman–Crippen MR) is 241 cm³/mol. The predicted octanol–water partition coefficient (Wildman–Crippen LogP) is 11.9. The second-order valence-corrected chi connectivity index (χ2v) is 15.8. The molecule has 0 heterocycles. The van der Waals surface area contributed by atoms with Gasteiger partial charge < -0.3 is 25.6 Å². The number of rotatable bonds is 42. The summed E-state index contributed by atoms with van der Waals surface area (Å²) in [6.45, 7) is 3.44. The molecular formula is C49H86N2O7. The first-order valence-electron chi connectivity index (χ1n) is 23.5. The van der Waals surface area contributed by atoms with Crippen LogP contribution in [0.5, 0.6) is 0 Å². The SMILES string of the molecule is CCCCC/C=C\C/C=C\C/C=C\C(CCCCCCCC(=O)NCC(=O)NC(CO)C(=O)O)OC(=O)CCCCCCCCCCC/C=C\CCCCCCCC. The van der Waals surface area contributed by atoms with E-state index in [9.17, 15) is 19.2 Å². The summed E-state index contributed by atoms with van der Waals surface area (Å²) in [5.74, 6) is -2.39. The number of hydrogen-bond donors (Lipinski definition) is 4. The van der Waals surface area contributed by atoms with Crippen molar-refractivity contribution >= 4 is 23.8 Å². The molecule has 2 atom stereocenters. The smallest absolute Gasteiger partial charge is 0.328 e. The van der Waals surface area contributed by atoms with Gasteiger partial charge in [-0.1, -0.05) is 166 Å². The molecule has 0 aromatic carbocycles. The molecule has 0 bridgehead atoms. The maximum absolute atomic E-state index is 12.8. The molecule has 2 unspecified atom stereocenters. The van der Waals surface area contributed by atoms with Crippen molar-refractivity contribution in [3.8, 4) is 0 Å². The number of aliphatic hydroxyl groups excluding tert-OH is 1. The molecule has 0 aliphatic carbocycles. The second-order valence-electron chi connectivity index (χ2n) is 15.8. The average Bonchev–Trinajstić information content (AvgIpc) is 3.21. The number of amides is 2. The van der Waals surface area contributed by atoms with Gasteiger partial charge in [0, 0.05) is 12.8 Å². The molecule has 0 rings (SSSR count). The van der Waals surface area contributed by atoms with Crippen molar-refractivity contribution in [1.82, 2.24) is 10.6 Å². The van der Waals surface area contributed by atoms with Crippen molar-refractivity contribution in [2.75, 3.05) is 13.2 Å². The maximum atomic E-state index is 12.8. The highest BCUT2D eigenvalue weighted by molar-refractivity contribution is 5.87. The molecule has 0 aliphatic heterocycles. The van der Waals surface area contributed by atoms with E-state index >= 15 is 0 Å². The van der Waals surface area contributed by atoms with Crippen molar-refractivity contribution in [1.29, 1.82) is 0 Å². The number of hydrogen-bond acceptors (Lipinski definition) is 6. The third kappa shape index (κ3) is 39.6. The zero-order valence-corrected chi connectivity index (χ0v) is 37.0. The number of allylic oxidation sites excluding steroid dienone is 7. The fourth-order valence-electron chi connectivity index (χ4n) is 6.64. The van der Waals surface area contributed by atoms with E-state index < -0.39 is 24.5 Å². The lowest BCUT2D eigenvalue weighted by atomic mass is 10.0. The minimum Gasteiger partial charge on any atom is -0.480 e. The number of carboxylic acid groups (broad SMARTS) is 1. The molecule has 9 heteroatoms. The summed E-state index contributed by atoms with van der Waals surface area (Å²) in [5, 5.41) is 22.6. The van der Waals surface area contributed by atoms with Crippen LogP contribution < -0.4 is 10.6 Å². The molecule has 0 aromatic rings. The second kappa shape index (κ2) is 43.4. The molecule has 4 N–H and O–H groups in total. The number of esters is 1. The highest BCUT2D eigenvalue weighted by atomic mass is 16.5. The summed E-state index contributed by atoms with van der Waals surface area (Å²) in [6, 6.07) is -1.39. The van der Waals surface area contributed by atoms with Gasteiger partial charge in [0.15, 0.2) is 0 Å². The van der Waals surface area contributed by atoms with Crippen LogP contribution in [0.25, 0.3) is 0 Å². The monoisotopic (exact) mass is 815 g/mol. The molecule has 9 nitrogen and oxygen atoms in total. The number of unbranched alkanes of at least 4 members (excludes halogenated alkanes) is 22. The van der Waals surface area contributed by atoms with Gasteiger partial charge in [-0.25, -0.2) is 4.79 Å². The summed E-state index contributed by atoms with van der Waals surface area (Å²) < 4.78 is 5.93. The molecule has 2 amide bonds. The van der Waals surface area contributed by atoms with Crippen molar-refractivity contribution < 1.29 is 34.1 Å². The van der Waals surface area contributed by atoms with Gasteiger partial charge in [-0.2, -0.15) is 0 Å². The lowest BCUT2D eigenvalue weighted by Crippen LogP contribution is -2.47. The first-order valence-corrected chi connectivity index (χ1v) is 23.5. The lowest BCUT2D eigenvalue weighted by molar-refractivity contribution is -0.147. The van der Waals surface area contributed by atoms with Crippen LogP contribution in [-0.2, 0) is 23.9 Å². The minimum absolute atomic E-state index is 0.117. The van der Waals surface area contributed by atoms with Gasteiger partial charge in [0.25, 0.3) is 0 Å². The minimum atomic E-state index is -1.39. The Bertz CT molecular complexity index is 1120. The Morgan fingerprint density at radius 1 is 0.534 bits per heavy atom. The van der Waals surface area contributed by atoms with Gasteiger partial charge in [0.2, 0.25) is 11.8 Å². The average molecular weight is 815 g/mol. The Kier molecular flexibility index (Phi) is 41.0. The zero-order valence-electron chi connectivity index (χ0n) is 37.0. The quantitative estimate of drug-likeness (QED) is 0.0273. The number of aliphatic carboxylic acids is 1. The summed E-state index contributed by atoms with van der Waals surface area (Å²) in [4.78, 5) is 47.6. The van der Waals surface area contributed by atoms with Crippen molar-refractivity contribution in [3.05, 3.63) is 48.6 Å². The first kappa shape index (κ1) is 54.8. The first-order chi connectivity index (χ1) is 28.3. The number of carboxylic acids is 1. The number of nitrogens with one attached hydrogen (secondary N) is 2. The van der Waals surface area contributed by atoms with E-state index in [2.05, 4.69) is 67.0 Å². The van der Waals surface area contributed by atoms with Gasteiger partial charge in [-0.15, -0.1) is 0 Å². The highest BCUT2D eigenvalue weighted by Gasteiger charge is 2.18. The number of ether oxygens (including phenoxy) is 1. The van der Waals surface area contributed by atoms with E-state index in [0.717, 1.165) is 64.2 Å². The van der Waals surface area contributed by atoms with Crippen LogP contribution >= 0.6 is 0 Å². The molecule has 0 saturated carbocycles. The molecule has 0 aliphatic rings. The third-order valence-electron chi connectivity index (χ3n) is 10.3. The summed E-state index contributed by atoms with van der Waals surface area (Å²) >= 11 is 0. The molecule has 0 aromatic heterocycles. The number of carbonyl (C=O) groups excluding carboxylic acids is 3. The Balaban J connectivity index is 4.33. The summed E-state index contributed by atoms with van der Waals surface area (Å²) in [6.07, 6.45) is 51.6. The van der Waals surface area contributed by atoms with E-state index in [1.165, 1.54) is 116 Å². The molecule has 0 spiro atoms. The maximum Gasteiger partial charge on any atom is 0.328 e. The number of aliphatic hydroxyl groups is 1. The molecule has 0 fully saturated rings. The van der Waals surface area contributed by atoms with Crippen LogP contribution in [0.15, 0.2) is 48.6 Å². The van der Waals surface area contributed by atoms with Crippen LogP contribution in [0.4, 0.5) is 0 Å². The Labute approximate surface area is 354 Å². The molecular weight excluding hydrogens is 729 g/mol. The largest absolute Gasteiger partial charge is 0.480 e. The van der Waals surface area contributed by atoms with Gasteiger partial charge in [0.1, 0.15) is 12.1 Å². The standard InChI is InChI=1S/C49H86N2O7/c1-3-5-7-9-11-13-15-16-17-18-19-20-21-22-24-26-28-33-37-41-48(55)58-44(38-34-30-27-25-23-14-12-10-8-6-4-2)39-35-31-29-32-36-40-46(53)50-42-47(54)51-45(43-52)49(56)57/h12,14,16-17,25,27,34,38,44-45,52H,3-11,13,15,18-24,26,28-33,35-37,39-43H2,1-2H3,(H,50,53)(H,51,54)(H,56,57)/b14-12-,17-16-,27-25-,38-34-. The van der Waals surface area contributed by atoms with Gasteiger partial charge in [0.05, 0.1) is 13.2 Å². The zero-order chi connectivity index (χ0) is 42.6. The number of carbonyl (C=O) groups is 4. The van der Waals surface area contributed by atoms with Crippen molar-refractivity contribution in [2.24, 2.45) is 0 Å². The lowest BCUT2D eigenvalue weighted by Gasteiger charge is -2.15. The summed E-state index contributed by atoms with van der Waals surface area (Å²) in [7, 11) is 0. The fourth-order valence-corrected chi connectivity index (χ4v) is 6.64. The van der Waals surface area contributed by atoms with E-state index in [1.807, 2.05) is 6.08 Å². The van der Waals surface area contributed by atoms with Gasteiger partial charge in [-0.3, -0.25) is 14.4 Å². The van der Waals surface area contributed by atoms with Crippen LogP contribution in [0, 0.1) is 0 Å². The normalized spacial score (nSPS) is 12.9. The Morgan fingerprint density at radius 2 is 0.983 bits per heavy atom. The van der Waals surface area contributed by atoms with Crippen LogP contribution in [0.3, 0.4) is 0 Å². The Morgan fingerprint density at radius 3 is 1.55 bits per heavy atom. The Hall–Kier alpha value is -3.20. The molecule has 0 radical (unpaired) electrons. The topological polar surface area (TPSA) is 142 Å². The highest BCUT2D eigenvalue weighted by Crippen LogP contribution is 2.16.